The Balaban J connectivity index is 1.82. The highest BCUT2D eigenvalue weighted by Crippen LogP contribution is 2.56. The maximum Gasteiger partial charge on any atom is 0.166 e. The van der Waals surface area contributed by atoms with E-state index in [9.17, 15) is 0 Å². The van der Waals surface area contributed by atoms with Gasteiger partial charge in [-0.05, 0) is 36.9 Å². The zero-order valence-electron chi connectivity index (χ0n) is 8.23. The van der Waals surface area contributed by atoms with Gasteiger partial charge in [0.05, 0.1) is 0 Å². The minimum atomic E-state index is 0.638. The van der Waals surface area contributed by atoms with Gasteiger partial charge in [0, 0.05) is 13.1 Å². The molecule has 2 nitrogen and oxygen atoms in total. The van der Waals surface area contributed by atoms with Crippen molar-refractivity contribution in [2.24, 2.45) is 5.41 Å². The summed E-state index contributed by atoms with van der Waals surface area (Å²) in [4.78, 5) is 0. The van der Waals surface area contributed by atoms with Crippen molar-refractivity contribution >= 4 is 17.3 Å². The molecule has 0 aromatic heterocycles. The highest BCUT2D eigenvalue weighted by atomic mass is 32.1. The van der Waals surface area contributed by atoms with Crippen molar-refractivity contribution in [2.45, 2.75) is 44.6 Å². The minimum absolute atomic E-state index is 0.638. The molecule has 2 N–H and O–H groups in total. The van der Waals surface area contributed by atoms with E-state index < -0.39 is 0 Å². The molecule has 74 valence electrons. The summed E-state index contributed by atoms with van der Waals surface area (Å²) in [6, 6.07) is 0.674. The fourth-order valence-electron chi connectivity index (χ4n) is 2.59. The van der Waals surface area contributed by atoms with Crippen LogP contribution in [0.3, 0.4) is 0 Å². The predicted octanol–water partition coefficient (Wildman–Crippen LogP) is 1.80. The van der Waals surface area contributed by atoms with Gasteiger partial charge in [0.2, 0.25) is 0 Å². The molecule has 2 fully saturated rings. The van der Waals surface area contributed by atoms with E-state index in [2.05, 4.69) is 10.6 Å². The number of thiocarbonyl (C=S) groups is 1. The van der Waals surface area contributed by atoms with Crippen LogP contribution in [0.2, 0.25) is 0 Å². The van der Waals surface area contributed by atoms with Gasteiger partial charge in [0.15, 0.2) is 5.11 Å². The lowest BCUT2D eigenvalue weighted by atomic mass is 9.86. The van der Waals surface area contributed by atoms with Gasteiger partial charge in [-0.15, -0.1) is 0 Å². The average Bonchev–Trinajstić information content (AvgIpc) is 2.79. The van der Waals surface area contributed by atoms with E-state index in [1.54, 1.807) is 0 Å². The Bertz CT molecular complexity index is 209. The van der Waals surface area contributed by atoms with Crippen molar-refractivity contribution in [2.75, 3.05) is 7.05 Å². The van der Waals surface area contributed by atoms with Gasteiger partial charge < -0.3 is 10.6 Å². The molecule has 0 aromatic carbocycles. The summed E-state index contributed by atoms with van der Waals surface area (Å²) in [5.41, 5.74) is 0.638. The van der Waals surface area contributed by atoms with E-state index in [-0.39, 0.29) is 0 Å². The van der Waals surface area contributed by atoms with Crippen molar-refractivity contribution in [3.8, 4) is 0 Å². The van der Waals surface area contributed by atoms with Crippen molar-refractivity contribution in [3.05, 3.63) is 0 Å². The maximum atomic E-state index is 5.10. The number of rotatable bonds is 1. The second-order valence-electron chi connectivity index (χ2n) is 4.40. The molecule has 2 aliphatic carbocycles. The molecule has 0 aromatic rings. The molecule has 0 saturated heterocycles. The third-order valence-corrected chi connectivity index (χ3v) is 3.89. The molecule has 1 unspecified atom stereocenters. The normalized spacial score (nSPS) is 29.8. The summed E-state index contributed by atoms with van der Waals surface area (Å²) in [7, 11) is 1.88. The first-order valence-electron chi connectivity index (χ1n) is 5.25. The predicted molar refractivity (Wildman–Crippen MR) is 58.7 cm³/mol. The van der Waals surface area contributed by atoms with Gasteiger partial charge in [0.1, 0.15) is 0 Å². The molecule has 2 rings (SSSR count). The summed E-state index contributed by atoms with van der Waals surface area (Å²) in [6.45, 7) is 0. The second kappa shape index (κ2) is 3.45. The second-order valence-corrected chi connectivity index (χ2v) is 4.81. The van der Waals surface area contributed by atoms with E-state index in [1.807, 2.05) is 7.05 Å². The van der Waals surface area contributed by atoms with Crippen LogP contribution in [0.15, 0.2) is 0 Å². The number of hydrogen-bond acceptors (Lipinski definition) is 1. The van der Waals surface area contributed by atoms with Crippen LogP contribution >= 0.6 is 12.2 Å². The fraction of sp³-hybridized carbons (Fsp3) is 0.900. The third kappa shape index (κ3) is 1.80. The summed E-state index contributed by atoms with van der Waals surface area (Å²) in [5.74, 6) is 0. The number of nitrogens with one attached hydrogen (secondary N) is 2. The SMILES string of the molecule is CNC(=S)NC1CC12CCCCC2. The van der Waals surface area contributed by atoms with Crippen molar-refractivity contribution < 1.29 is 0 Å². The standard InChI is InChI=1S/C10H18N2S/c1-11-9(13)12-8-7-10(8)5-3-2-4-6-10/h8H,2-7H2,1H3,(H2,11,12,13). The zero-order chi connectivity index (χ0) is 9.31. The lowest BCUT2D eigenvalue weighted by Crippen LogP contribution is -2.36. The molecule has 2 saturated carbocycles. The average molecular weight is 198 g/mol. The van der Waals surface area contributed by atoms with Gasteiger partial charge in [-0.2, -0.15) is 0 Å². The molecule has 0 bridgehead atoms. The molecular weight excluding hydrogens is 180 g/mol. The van der Waals surface area contributed by atoms with E-state index >= 15 is 0 Å². The van der Waals surface area contributed by atoms with Crippen molar-refractivity contribution in [3.63, 3.8) is 0 Å². The lowest BCUT2D eigenvalue weighted by molar-refractivity contribution is 0.321. The van der Waals surface area contributed by atoms with Crippen LogP contribution in [-0.4, -0.2) is 18.2 Å². The zero-order valence-corrected chi connectivity index (χ0v) is 9.04. The summed E-state index contributed by atoms with van der Waals surface area (Å²) in [6.07, 6.45) is 8.45. The van der Waals surface area contributed by atoms with Crippen LogP contribution in [-0.2, 0) is 0 Å². The van der Waals surface area contributed by atoms with Crippen LogP contribution < -0.4 is 10.6 Å². The Morgan fingerprint density at radius 3 is 2.62 bits per heavy atom. The van der Waals surface area contributed by atoms with Crippen LogP contribution in [0.5, 0.6) is 0 Å². The highest BCUT2D eigenvalue weighted by Gasteiger charge is 2.53. The Hall–Kier alpha value is -0.310. The summed E-state index contributed by atoms with van der Waals surface area (Å²) in [5, 5.41) is 7.18. The first kappa shape index (κ1) is 9.25. The molecule has 0 aliphatic heterocycles. The van der Waals surface area contributed by atoms with Crippen LogP contribution in [0.4, 0.5) is 0 Å². The van der Waals surface area contributed by atoms with Crippen LogP contribution in [0.1, 0.15) is 38.5 Å². The minimum Gasteiger partial charge on any atom is -0.366 e. The Labute approximate surface area is 85.5 Å². The van der Waals surface area contributed by atoms with Crippen LogP contribution in [0, 0.1) is 5.41 Å². The number of hydrogen-bond donors (Lipinski definition) is 2. The molecule has 0 radical (unpaired) electrons. The van der Waals surface area contributed by atoms with E-state index in [4.69, 9.17) is 12.2 Å². The first-order valence-corrected chi connectivity index (χ1v) is 5.66. The van der Waals surface area contributed by atoms with Gasteiger partial charge in [-0.3, -0.25) is 0 Å². The largest absolute Gasteiger partial charge is 0.366 e. The van der Waals surface area contributed by atoms with Crippen molar-refractivity contribution in [1.82, 2.24) is 10.6 Å². The summed E-state index contributed by atoms with van der Waals surface area (Å²) >= 11 is 5.10. The highest BCUT2D eigenvalue weighted by molar-refractivity contribution is 7.80. The monoisotopic (exact) mass is 198 g/mol. The van der Waals surface area contributed by atoms with Gasteiger partial charge in [-0.1, -0.05) is 19.3 Å². The maximum absolute atomic E-state index is 5.10. The van der Waals surface area contributed by atoms with Crippen molar-refractivity contribution in [1.29, 1.82) is 0 Å². The quantitative estimate of drug-likeness (QED) is 0.628. The molecule has 13 heavy (non-hydrogen) atoms. The van der Waals surface area contributed by atoms with E-state index in [0.717, 1.165) is 5.11 Å². The summed E-state index contributed by atoms with van der Waals surface area (Å²) < 4.78 is 0. The third-order valence-electron chi connectivity index (χ3n) is 3.57. The molecule has 3 heteroatoms. The van der Waals surface area contributed by atoms with Gasteiger partial charge in [0.25, 0.3) is 0 Å². The van der Waals surface area contributed by atoms with Crippen LogP contribution in [0.25, 0.3) is 0 Å². The van der Waals surface area contributed by atoms with Gasteiger partial charge >= 0.3 is 0 Å². The molecular formula is C10H18N2S. The van der Waals surface area contributed by atoms with E-state index in [0.29, 0.717) is 11.5 Å². The first-order chi connectivity index (χ1) is 6.27. The molecule has 0 amide bonds. The topological polar surface area (TPSA) is 24.1 Å². The Kier molecular flexibility index (Phi) is 2.45. The molecule has 1 atom stereocenters. The smallest absolute Gasteiger partial charge is 0.166 e. The molecule has 2 aliphatic rings. The molecule has 0 heterocycles. The Morgan fingerprint density at radius 2 is 2.00 bits per heavy atom. The fourth-order valence-corrected chi connectivity index (χ4v) is 2.73. The Morgan fingerprint density at radius 1 is 1.31 bits per heavy atom. The molecule has 1 spiro atoms. The lowest BCUT2D eigenvalue weighted by Gasteiger charge is -2.22. The van der Waals surface area contributed by atoms with Gasteiger partial charge in [-0.25, -0.2) is 0 Å². The van der Waals surface area contributed by atoms with E-state index in [1.165, 1.54) is 38.5 Å².